The molecular weight excluding hydrogens is 452 g/mol. The minimum Gasteiger partial charge on any atom is -0.458 e. The molecular formula is C26H26N2O5S. The Kier molecular flexibility index (Phi) is 7.19. The van der Waals surface area contributed by atoms with Gasteiger partial charge in [-0.3, -0.25) is 9.69 Å². The average Bonchev–Trinajstić information content (AvgIpc) is 2.85. The standard InChI is InChI=1S/C26H26N2O5S/c1-16(2)13-20(29)32-14-19-15-34-25-21(27)24(30)28(25)22(19)26(31)33-23(17-9-5-3-6-10-17)18-11-7-4-8-12-18/h3-13,21,23,25H,14-15,27H2,1-2H3/t21-,25+/m1/s1. The molecule has 7 nitrogen and oxygen atoms in total. The molecule has 2 aromatic rings. The molecule has 2 N–H and O–H groups in total. The van der Waals surface area contributed by atoms with E-state index in [1.165, 1.54) is 22.7 Å². The number of carbonyl (C=O) groups excluding carboxylic acids is 3. The Morgan fingerprint density at radius 1 is 1.09 bits per heavy atom. The van der Waals surface area contributed by atoms with E-state index < -0.39 is 24.1 Å². The molecule has 34 heavy (non-hydrogen) atoms. The van der Waals surface area contributed by atoms with Crippen molar-refractivity contribution in [1.82, 2.24) is 4.90 Å². The Balaban J connectivity index is 1.66. The summed E-state index contributed by atoms with van der Waals surface area (Å²) in [5.74, 6) is -1.12. The van der Waals surface area contributed by atoms with Crippen LogP contribution >= 0.6 is 11.8 Å². The third-order valence-corrected chi connectivity index (χ3v) is 6.87. The van der Waals surface area contributed by atoms with Gasteiger partial charge in [0.05, 0.1) is 0 Å². The van der Waals surface area contributed by atoms with Crippen molar-refractivity contribution < 1.29 is 23.9 Å². The van der Waals surface area contributed by atoms with Crippen LogP contribution in [0.2, 0.25) is 0 Å². The average molecular weight is 479 g/mol. The molecule has 2 aliphatic heterocycles. The molecule has 1 fully saturated rings. The smallest absolute Gasteiger partial charge is 0.356 e. The van der Waals surface area contributed by atoms with E-state index in [1.54, 1.807) is 13.8 Å². The molecule has 0 saturated carbocycles. The van der Waals surface area contributed by atoms with Gasteiger partial charge in [-0.1, -0.05) is 66.2 Å². The molecule has 0 spiro atoms. The summed E-state index contributed by atoms with van der Waals surface area (Å²) in [4.78, 5) is 39.6. The first kappa shape index (κ1) is 23.8. The number of allylic oxidation sites excluding steroid dienone is 1. The second-order valence-electron chi connectivity index (χ2n) is 8.32. The van der Waals surface area contributed by atoms with Crippen molar-refractivity contribution in [3.05, 3.63) is 94.7 Å². The predicted molar refractivity (Wildman–Crippen MR) is 129 cm³/mol. The van der Waals surface area contributed by atoms with Crippen LogP contribution in [0.25, 0.3) is 0 Å². The first-order valence-corrected chi connectivity index (χ1v) is 12.0. The highest BCUT2D eigenvalue weighted by Crippen LogP contribution is 2.40. The van der Waals surface area contributed by atoms with Crippen LogP contribution in [0.5, 0.6) is 0 Å². The Bertz CT molecular complexity index is 1100. The van der Waals surface area contributed by atoms with E-state index in [0.717, 1.165) is 16.7 Å². The van der Waals surface area contributed by atoms with Gasteiger partial charge in [0.2, 0.25) is 5.91 Å². The first-order chi connectivity index (χ1) is 16.4. The molecule has 176 valence electrons. The monoisotopic (exact) mass is 478 g/mol. The number of benzene rings is 2. The lowest BCUT2D eigenvalue weighted by molar-refractivity contribution is -0.153. The van der Waals surface area contributed by atoms with Gasteiger partial charge < -0.3 is 15.2 Å². The summed E-state index contributed by atoms with van der Waals surface area (Å²) < 4.78 is 11.4. The highest BCUT2D eigenvalue weighted by Gasteiger charge is 2.52. The topological polar surface area (TPSA) is 98.9 Å². The number of fused-ring (bicyclic) bond motifs is 1. The van der Waals surface area contributed by atoms with E-state index in [4.69, 9.17) is 15.2 Å². The van der Waals surface area contributed by atoms with Crippen LogP contribution in [0.4, 0.5) is 0 Å². The van der Waals surface area contributed by atoms with Crippen LogP contribution in [-0.4, -0.2) is 46.5 Å². The third-order valence-electron chi connectivity index (χ3n) is 5.51. The number of β-lactam (4-membered cyclic amide) rings is 1. The van der Waals surface area contributed by atoms with Gasteiger partial charge in [-0.25, -0.2) is 9.59 Å². The molecule has 0 unspecified atom stereocenters. The minimum absolute atomic E-state index is 0.109. The number of amides is 1. The van der Waals surface area contributed by atoms with Crippen molar-refractivity contribution in [2.45, 2.75) is 31.4 Å². The molecule has 2 atom stereocenters. The van der Waals surface area contributed by atoms with Crippen LogP contribution < -0.4 is 5.73 Å². The number of esters is 2. The van der Waals surface area contributed by atoms with Crippen molar-refractivity contribution in [2.75, 3.05) is 12.4 Å². The zero-order valence-corrected chi connectivity index (χ0v) is 19.8. The molecule has 8 heteroatoms. The molecule has 4 rings (SSSR count). The normalized spacial score (nSPS) is 19.3. The highest BCUT2D eigenvalue weighted by molar-refractivity contribution is 8.00. The van der Waals surface area contributed by atoms with Crippen molar-refractivity contribution in [3.8, 4) is 0 Å². The van der Waals surface area contributed by atoms with Gasteiger partial charge in [-0.05, 0) is 25.0 Å². The van der Waals surface area contributed by atoms with E-state index in [1.807, 2.05) is 60.7 Å². The largest absolute Gasteiger partial charge is 0.458 e. The Hall–Kier alpha value is -3.36. The number of rotatable bonds is 7. The quantitative estimate of drug-likeness (QED) is 0.370. The summed E-state index contributed by atoms with van der Waals surface area (Å²) in [6.07, 6.45) is 0.707. The van der Waals surface area contributed by atoms with Gasteiger partial charge in [-0.2, -0.15) is 0 Å². The lowest BCUT2D eigenvalue weighted by Gasteiger charge is -2.48. The van der Waals surface area contributed by atoms with Gasteiger partial charge in [0.15, 0.2) is 6.10 Å². The molecule has 0 radical (unpaired) electrons. The Labute approximate surface area is 202 Å². The summed E-state index contributed by atoms with van der Waals surface area (Å²) in [7, 11) is 0. The third kappa shape index (κ3) is 4.93. The summed E-state index contributed by atoms with van der Waals surface area (Å²) in [6.45, 7) is 3.46. The van der Waals surface area contributed by atoms with Crippen molar-refractivity contribution >= 4 is 29.6 Å². The van der Waals surface area contributed by atoms with Gasteiger partial charge in [0.25, 0.3) is 0 Å². The predicted octanol–water partition coefficient (Wildman–Crippen LogP) is 3.33. The van der Waals surface area contributed by atoms with Crippen LogP contribution in [0.15, 0.2) is 83.6 Å². The second kappa shape index (κ2) is 10.3. The maximum absolute atomic E-state index is 13.6. The van der Waals surface area contributed by atoms with Gasteiger partial charge in [0, 0.05) is 17.4 Å². The van der Waals surface area contributed by atoms with E-state index in [-0.39, 0.29) is 23.6 Å². The number of hydrogen-bond acceptors (Lipinski definition) is 7. The van der Waals surface area contributed by atoms with Crippen molar-refractivity contribution in [3.63, 3.8) is 0 Å². The number of carbonyl (C=O) groups is 3. The fraction of sp³-hybridized carbons (Fsp3) is 0.269. The highest BCUT2D eigenvalue weighted by atomic mass is 32.2. The Morgan fingerprint density at radius 2 is 1.68 bits per heavy atom. The van der Waals surface area contributed by atoms with E-state index in [2.05, 4.69) is 0 Å². The summed E-state index contributed by atoms with van der Waals surface area (Å²) in [6, 6.07) is 18.1. The van der Waals surface area contributed by atoms with Crippen molar-refractivity contribution in [1.29, 1.82) is 0 Å². The zero-order chi connectivity index (χ0) is 24.2. The molecule has 1 amide bonds. The lowest BCUT2D eigenvalue weighted by atomic mass is 10.0. The number of thioether (sulfide) groups is 1. The van der Waals surface area contributed by atoms with Gasteiger partial charge in [0.1, 0.15) is 23.7 Å². The van der Waals surface area contributed by atoms with Gasteiger partial charge >= 0.3 is 11.9 Å². The zero-order valence-electron chi connectivity index (χ0n) is 19.0. The SMILES string of the molecule is CC(C)=CC(=O)OCC1=C(C(=O)OC(c2ccccc2)c2ccccc2)N2C(=O)[C@@H](N)[C@@H]2SC1. The molecule has 1 saturated heterocycles. The minimum atomic E-state index is -0.679. The molecule has 0 aromatic heterocycles. The van der Waals surface area contributed by atoms with Crippen LogP contribution in [0.1, 0.15) is 31.1 Å². The molecule has 0 aliphatic carbocycles. The van der Waals surface area contributed by atoms with E-state index in [9.17, 15) is 14.4 Å². The van der Waals surface area contributed by atoms with Crippen molar-refractivity contribution in [2.24, 2.45) is 5.73 Å². The fourth-order valence-corrected chi connectivity index (χ4v) is 5.14. The van der Waals surface area contributed by atoms with Crippen LogP contribution in [-0.2, 0) is 23.9 Å². The maximum atomic E-state index is 13.6. The summed E-state index contributed by atoms with van der Waals surface area (Å²) in [5.41, 5.74) is 8.99. The second-order valence-corrected chi connectivity index (χ2v) is 9.43. The summed E-state index contributed by atoms with van der Waals surface area (Å²) >= 11 is 1.44. The molecule has 2 aliphatic rings. The maximum Gasteiger partial charge on any atom is 0.356 e. The molecule has 0 bridgehead atoms. The molecule has 2 aromatic carbocycles. The number of nitrogens with two attached hydrogens (primary N) is 1. The van der Waals surface area contributed by atoms with Gasteiger partial charge in [-0.15, -0.1) is 11.8 Å². The summed E-state index contributed by atoms with van der Waals surface area (Å²) in [5, 5.41) is -0.348. The van der Waals surface area contributed by atoms with Crippen LogP contribution in [0, 0.1) is 0 Å². The number of nitrogens with zero attached hydrogens (tertiary/aromatic N) is 1. The lowest BCUT2D eigenvalue weighted by Crippen LogP contribution is -2.68. The first-order valence-electron chi connectivity index (χ1n) is 10.9. The Morgan fingerprint density at radius 3 is 2.24 bits per heavy atom. The van der Waals surface area contributed by atoms with E-state index >= 15 is 0 Å². The number of ether oxygens (including phenoxy) is 2. The van der Waals surface area contributed by atoms with E-state index in [0.29, 0.717) is 11.3 Å². The number of hydrogen-bond donors (Lipinski definition) is 1. The van der Waals surface area contributed by atoms with Crippen LogP contribution in [0.3, 0.4) is 0 Å². The molecule has 2 heterocycles. The fourth-order valence-electron chi connectivity index (χ4n) is 3.86.